The van der Waals surface area contributed by atoms with Crippen molar-refractivity contribution in [1.29, 1.82) is 0 Å². The number of hydrogen-bond donors (Lipinski definition) is 1. The Kier molecular flexibility index (Phi) is 5.37. The number of carbonyl (C=O) groups excluding carboxylic acids is 1. The fourth-order valence-corrected chi connectivity index (χ4v) is 3.27. The number of carbonyl (C=O) groups is 1. The molecule has 0 bridgehead atoms. The standard InChI is InChI=1S/C19H19FN4OS/c1-12-8-9-15(10-16(12)20)22-18(25)14(3)26-19-23-21-11-24(19)17-7-5-4-6-13(17)2/h4-11,14H,1-3H3,(H,22,25). The Morgan fingerprint density at radius 1 is 1.19 bits per heavy atom. The second kappa shape index (κ2) is 7.70. The van der Waals surface area contributed by atoms with Crippen molar-refractivity contribution < 1.29 is 9.18 Å². The Labute approximate surface area is 155 Å². The molecule has 1 N–H and O–H groups in total. The number of para-hydroxylation sites is 1. The van der Waals surface area contributed by atoms with Crippen LogP contribution in [0.1, 0.15) is 18.1 Å². The molecule has 0 aliphatic carbocycles. The smallest absolute Gasteiger partial charge is 0.237 e. The van der Waals surface area contributed by atoms with E-state index in [0.717, 1.165) is 11.3 Å². The zero-order valence-electron chi connectivity index (χ0n) is 14.7. The van der Waals surface area contributed by atoms with E-state index < -0.39 is 5.25 Å². The Hall–Kier alpha value is -2.67. The van der Waals surface area contributed by atoms with Crippen LogP contribution in [0.25, 0.3) is 5.69 Å². The first-order chi connectivity index (χ1) is 12.5. The van der Waals surface area contributed by atoms with Crippen LogP contribution in [-0.4, -0.2) is 25.9 Å². The molecule has 1 unspecified atom stereocenters. The Bertz CT molecular complexity index is 941. The Morgan fingerprint density at radius 3 is 2.69 bits per heavy atom. The lowest BCUT2D eigenvalue weighted by Crippen LogP contribution is -2.23. The molecule has 2 aromatic carbocycles. The average molecular weight is 370 g/mol. The summed E-state index contributed by atoms with van der Waals surface area (Å²) in [5, 5.41) is 11.0. The van der Waals surface area contributed by atoms with Gasteiger partial charge in [0.1, 0.15) is 12.1 Å². The predicted octanol–water partition coefficient (Wildman–Crippen LogP) is 4.14. The highest BCUT2D eigenvalue weighted by atomic mass is 32.2. The Morgan fingerprint density at radius 2 is 1.96 bits per heavy atom. The molecule has 0 radical (unpaired) electrons. The van der Waals surface area contributed by atoms with E-state index in [2.05, 4.69) is 15.5 Å². The van der Waals surface area contributed by atoms with Crippen molar-refractivity contribution in [3.63, 3.8) is 0 Å². The molecule has 1 aromatic heterocycles. The van der Waals surface area contributed by atoms with Crippen LogP contribution in [0.3, 0.4) is 0 Å². The summed E-state index contributed by atoms with van der Waals surface area (Å²) in [7, 11) is 0. The zero-order valence-corrected chi connectivity index (χ0v) is 15.5. The summed E-state index contributed by atoms with van der Waals surface area (Å²) in [6.07, 6.45) is 1.63. The molecule has 0 saturated carbocycles. The van der Waals surface area contributed by atoms with E-state index in [1.54, 1.807) is 32.3 Å². The van der Waals surface area contributed by atoms with Gasteiger partial charge in [0.15, 0.2) is 5.16 Å². The average Bonchev–Trinajstić information content (AvgIpc) is 3.06. The van der Waals surface area contributed by atoms with Crippen molar-refractivity contribution in [2.24, 2.45) is 0 Å². The van der Waals surface area contributed by atoms with Crippen molar-refractivity contribution >= 4 is 23.4 Å². The molecular weight excluding hydrogens is 351 g/mol. The third-order valence-corrected chi connectivity index (χ3v) is 5.04. The van der Waals surface area contributed by atoms with Crippen molar-refractivity contribution in [3.8, 4) is 5.69 Å². The lowest BCUT2D eigenvalue weighted by Gasteiger charge is -2.13. The van der Waals surface area contributed by atoms with Gasteiger partial charge in [-0.05, 0) is 50.1 Å². The van der Waals surface area contributed by atoms with Crippen LogP contribution in [0.2, 0.25) is 0 Å². The van der Waals surface area contributed by atoms with E-state index in [9.17, 15) is 9.18 Å². The van der Waals surface area contributed by atoms with Gasteiger partial charge in [0.25, 0.3) is 0 Å². The van der Waals surface area contributed by atoms with Gasteiger partial charge in [0.2, 0.25) is 5.91 Å². The van der Waals surface area contributed by atoms with Crippen LogP contribution in [0.4, 0.5) is 10.1 Å². The fourth-order valence-electron chi connectivity index (χ4n) is 2.43. The number of halogens is 1. The summed E-state index contributed by atoms with van der Waals surface area (Å²) >= 11 is 1.30. The highest BCUT2D eigenvalue weighted by molar-refractivity contribution is 8.00. The number of aromatic nitrogens is 3. The maximum Gasteiger partial charge on any atom is 0.237 e. The topological polar surface area (TPSA) is 59.8 Å². The van der Waals surface area contributed by atoms with Crippen LogP contribution in [0.15, 0.2) is 53.9 Å². The van der Waals surface area contributed by atoms with Gasteiger partial charge in [-0.15, -0.1) is 10.2 Å². The quantitative estimate of drug-likeness (QED) is 0.686. The van der Waals surface area contributed by atoms with Gasteiger partial charge in [-0.3, -0.25) is 9.36 Å². The van der Waals surface area contributed by atoms with Gasteiger partial charge in [-0.1, -0.05) is 36.0 Å². The second-order valence-electron chi connectivity index (χ2n) is 5.98. The molecule has 0 spiro atoms. The molecule has 3 aromatic rings. The molecule has 1 amide bonds. The van der Waals surface area contributed by atoms with Crippen LogP contribution < -0.4 is 5.32 Å². The monoisotopic (exact) mass is 370 g/mol. The third-order valence-electron chi connectivity index (χ3n) is 3.98. The van der Waals surface area contributed by atoms with Crippen LogP contribution in [0, 0.1) is 19.7 Å². The van der Waals surface area contributed by atoms with E-state index in [0.29, 0.717) is 16.4 Å². The van der Waals surface area contributed by atoms with Gasteiger partial charge in [-0.2, -0.15) is 0 Å². The summed E-state index contributed by atoms with van der Waals surface area (Å²) in [6, 6.07) is 12.5. The summed E-state index contributed by atoms with van der Waals surface area (Å²) < 4.78 is 15.5. The second-order valence-corrected chi connectivity index (χ2v) is 7.29. The third kappa shape index (κ3) is 3.94. The van der Waals surface area contributed by atoms with Crippen molar-refractivity contribution in [2.45, 2.75) is 31.2 Å². The fraction of sp³-hybridized carbons (Fsp3) is 0.211. The first-order valence-electron chi connectivity index (χ1n) is 8.15. The van der Waals surface area contributed by atoms with Gasteiger partial charge in [-0.25, -0.2) is 4.39 Å². The molecule has 5 nitrogen and oxygen atoms in total. The lowest BCUT2D eigenvalue weighted by atomic mass is 10.2. The van der Waals surface area contributed by atoms with E-state index in [1.807, 2.05) is 35.8 Å². The van der Waals surface area contributed by atoms with E-state index in [4.69, 9.17) is 0 Å². The Balaban J connectivity index is 1.73. The summed E-state index contributed by atoms with van der Waals surface area (Å²) in [5.41, 5.74) is 3.03. The van der Waals surface area contributed by atoms with E-state index in [1.165, 1.54) is 17.8 Å². The number of nitrogens with one attached hydrogen (secondary N) is 1. The highest BCUT2D eigenvalue weighted by Crippen LogP contribution is 2.26. The first kappa shape index (κ1) is 18.1. The molecule has 1 atom stereocenters. The molecule has 134 valence electrons. The number of amides is 1. The number of hydrogen-bond acceptors (Lipinski definition) is 4. The van der Waals surface area contributed by atoms with E-state index in [-0.39, 0.29) is 11.7 Å². The van der Waals surface area contributed by atoms with Crippen LogP contribution in [-0.2, 0) is 4.79 Å². The molecule has 7 heteroatoms. The molecule has 26 heavy (non-hydrogen) atoms. The normalized spacial score (nSPS) is 12.0. The van der Waals surface area contributed by atoms with E-state index >= 15 is 0 Å². The SMILES string of the molecule is Cc1ccc(NC(=O)C(C)Sc2nncn2-c2ccccc2C)cc1F. The van der Waals surface area contributed by atoms with Crippen molar-refractivity contribution in [2.75, 3.05) is 5.32 Å². The highest BCUT2D eigenvalue weighted by Gasteiger charge is 2.19. The van der Waals surface area contributed by atoms with Gasteiger partial charge in [0, 0.05) is 5.69 Å². The zero-order chi connectivity index (χ0) is 18.7. The number of anilines is 1. The van der Waals surface area contributed by atoms with Gasteiger partial charge >= 0.3 is 0 Å². The van der Waals surface area contributed by atoms with Crippen LogP contribution >= 0.6 is 11.8 Å². The molecule has 3 rings (SSSR count). The molecule has 0 aliphatic rings. The largest absolute Gasteiger partial charge is 0.325 e. The van der Waals surface area contributed by atoms with Gasteiger partial charge in [0.05, 0.1) is 10.9 Å². The molecular formula is C19H19FN4OS. The lowest BCUT2D eigenvalue weighted by molar-refractivity contribution is -0.115. The van der Waals surface area contributed by atoms with Gasteiger partial charge < -0.3 is 5.32 Å². The number of benzene rings is 2. The molecule has 0 aliphatic heterocycles. The number of nitrogens with zero attached hydrogens (tertiary/aromatic N) is 3. The van der Waals surface area contributed by atoms with Crippen LogP contribution in [0.5, 0.6) is 0 Å². The number of thioether (sulfide) groups is 1. The number of rotatable bonds is 5. The first-order valence-corrected chi connectivity index (χ1v) is 9.03. The molecule has 1 heterocycles. The number of aryl methyl sites for hydroxylation is 2. The minimum Gasteiger partial charge on any atom is -0.325 e. The predicted molar refractivity (Wildman–Crippen MR) is 101 cm³/mol. The van der Waals surface area contributed by atoms with Crippen molar-refractivity contribution in [1.82, 2.24) is 14.8 Å². The minimum atomic E-state index is -0.425. The summed E-state index contributed by atoms with van der Waals surface area (Å²) in [4.78, 5) is 12.4. The maximum absolute atomic E-state index is 13.6. The summed E-state index contributed by atoms with van der Waals surface area (Å²) in [6.45, 7) is 5.46. The van der Waals surface area contributed by atoms with Crippen molar-refractivity contribution in [3.05, 3.63) is 65.7 Å². The minimum absolute atomic E-state index is 0.224. The maximum atomic E-state index is 13.6. The molecule has 0 fully saturated rings. The molecule has 0 saturated heterocycles. The summed E-state index contributed by atoms with van der Waals surface area (Å²) in [5.74, 6) is -0.569.